The molecule has 2 rings (SSSR count). The molecular weight excluding hydrogens is 212 g/mol. The highest BCUT2D eigenvalue weighted by Gasteiger charge is 2.47. The van der Waals surface area contributed by atoms with Crippen LogP contribution in [0.3, 0.4) is 0 Å². The summed E-state index contributed by atoms with van der Waals surface area (Å²) in [5, 5.41) is 0. The SMILES string of the molecule is CC(C)N1CCC2(CC1)CC(=O)CN2C(C)C. The minimum absolute atomic E-state index is 0.191. The van der Waals surface area contributed by atoms with Crippen molar-refractivity contribution in [1.82, 2.24) is 9.80 Å². The van der Waals surface area contributed by atoms with Gasteiger partial charge in [0.25, 0.3) is 0 Å². The van der Waals surface area contributed by atoms with Crippen LogP contribution in [0.4, 0.5) is 0 Å². The zero-order valence-electron chi connectivity index (χ0n) is 11.7. The van der Waals surface area contributed by atoms with Gasteiger partial charge < -0.3 is 4.90 Å². The first kappa shape index (κ1) is 13.0. The topological polar surface area (TPSA) is 23.6 Å². The average Bonchev–Trinajstić information content (AvgIpc) is 2.56. The van der Waals surface area contributed by atoms with Crippen molar-refractivity contribution in [2.24, 2.45) is 0 Å². The maximum Gasteiger partial charge on any atom is 0.148 e. The Bertz CT molecular complexity index is 291. The molecule has 0 saturated carbocycles. The summed E-state index contributed by atoms with van der Waals surface area (Å²) in [7, 11) is 0. The third kappa shape index (κ3) is 2.41. The molecule has 2 heterocycles. The van der Waals surface area contributed by atoms with E-state index in [1.54, 1.807) is 0 Å². The van der Waals surface area contributed by atoms with E-state index < -0.39 is 0 Å². The molecular formula is C14H26N2O. The van der Waals surface area contributed by atoms with Crippen molar-refractivity contribution in [3.05, 3.63) is 0 Å². The largest absolute Gasteiger partial charge is 0.301 e. The monoisotopic (exact) mass is 238 g/mol. The lowest BCUT2D eigenvalue weighted by Gasteiger charge is -2.47. The Kier molecular flexibility index (Phi) is 3.60. The highest BCUT2D eigenvalue weighted by atomic mass is 16.1. The van der Waals surface area contributed by atoms with Gasteiger partial charge in [-0.05, 0) is 40.5 Å². The highest BCUT2D eigenvalue weighted by molar-refractivity contribution is 5.84. The normalized spacial score (nSPS) is 26.6. The van der Waals surface area contributed by atoms with Gasteiger partial charge in [-0.3, -0.25) is 9.69 Å². The molecule has 98 valence electrons. The standard InChI is InChI=1S/C14H26N2O/c1-11(2)15-7-5-14(6-8-15)9-13(17)10-16(14)12(3)4/h11-12H,5-10H2,1-4H3. The summed E-state index contributed by atoms with van der Waals surface area (Å²) in [5.41, 5.74) is 0.191. The molecule has 3 heteroatoms. The lowest BCUT2D eigenvalue weighted by atomic mass is 9.83. The number of hydrogen-bond acceptors (Lipinski definition) is 3. The molecule has 0 atom stereocenters. The fraction of sp³-hybridized carbons (Fsp3) is 0.929. The van der Waals surface area contributed by atoms with Crippen LogP contribution < -0.4 is 0 Å². The number of ketones is 1. The molecule has 0 aromatic rings. The Hall–Kier alpha value is -0.410. The molecule has 0 aliphatic carbocycles. The third-order valence-electron chi connectivity index (χ3n) is 4.56. The van der Waals surface area contributed by atoms with Gasteiger partial charge in [-0.15, -0.1) is 0 Å². The Morgan fingerprint density at radius 2 is 1.65 bits per heavy atom. The van der Waals surface area contributed by atoms with E-state index in [0.29, 0.717) is 24.4 Å². The van der Waals surface area contributed by atoms with Crippen molar-refractivity contribution in [1.29, 1.82) is 0 Å². The molecule has 17 heavy (non-hydrogen) atoms. The van der Waals surface area contributed by atoms with Gasteiger partial charge in [-0.1, -0.05) is 0 Å². The minimum Gasteiger partial charge on any atom is -0.301 e. The number of carbonyl (C=O) groups excluding carboxylic acids is 1. The second kappa shape index (κ2) is 4.69. The molecule has 0 amide bonds. The molecule has 2 fully saturated rings. The van der Waals surface area contributed by atoms with Gasteiger partial charge in [-0.2, -0.15) is 0 Å². The van der Waals surface area contributed by atoms with Crippen molar-refractivity contribution in [3.8, 4) is 0 Å². The van der Waals surface area contributed by atoms with E-state index in [1.807, 2.05) is 0 Å². The number of likely N-dealkylation sites (tertiary alicyclic amines) is 2. The maximum absolute atomic E-state index is 11.8. The predicted octanol–water partition coefficient (Wildman–Crippen LogP) is 1.91. The smallest absolute Gasteiger partial charge is 0.148 e. The molecule has 1 spiro atoms. The zero-order chi connectivity index (χ0) is 12.6. The van der Waals surface area contributed by atoms with Crippen LogP contribution in [-0.4, -0.2) is 52.8 Å². The number of piperidine rings is 1. The van der Waals surface area contributed by atoms with E-state index >= 15 is 0 Å². The number of rotatable bonds is 2. The molecule has 2 aliphatic rings. The second-order valence-electron chi connectivity index (χ2n) is 6.29. The first-order valence-corrected chi connectivity index (χ1v) is 6.97. The van der Waals surface area contributed by atoms with E-state index in [9.17, 15) is 4.79 Å². The first-order valence-electron chi connectivity index (χ1n) is 6.97. The molecule has 3 nitrogen and oxygen atoms in total. The zero-order valence-corrected chi connectivity index (χ0v) is 11.7. The fourth-order valence-electron chi connectivity index (χ4n) is 3.53. The summed E-state index contributed by atoms with van der Waals surface area (Å²) in [6, 6.07) is 1.13. The quantitative estimate of drug-likeness (QED) is 0.734. The van der Waals surface area contributed by atoms with Crippen molar-refractivity contribution in [2.75, 3.05) is 19.6 Å². The van der Waals surface area contributed by atoms with Gasteiger partial charge in [-0.25, -0.2) is 0 Å². The van der Waals surface area contributed by atoms with Gasteiger partial charge in [0, 0.05) is 37.1 Å². The second-order valence-corrected chi connectivity index (χ2v) is 6.29. The lowest BCUT2D eigenvalue weighted by Crippen LogP contribution is -2.55. The maximum atomic E-state index is 11.8. The number of nitrogens with zero attached hydrogens (tertiary/aromatic N) is 2. The Labute approximate surface area is 105 Å². The molecule has 0 bridgehead atoms. The van der Waals surface area contributed by atoms with Crippen LogP contribution >= 0.6 is 0 Å². The molecule has 0 aromatic carbocycles. The average molecular weight is 238 g/mol. The summed E-state index contributed by atoms with van der Waals surface area (Å²) in [5.74, 6) is 0.441. The summed E-state index contributed by atoms with van der Waals surface area (Å²) in [6.07, 6.45) is 3.11. The predicted molar refractivity (Wildman–Crippen MR) is 70.1 cm³/mol. The van der Waals surface area contributed by atoms with Crippen LogP contribution in [0.1, 0.15) is 47.0 Å². The molecule has 0 radical (unpaired) electrons. The van der Waals surface area contributed by atoms with Gasteiger partial charge >= 0.3 is 0 Å². The highest BCUT2D eigenvalue weighted by Crippen LogP contribution is 2.38. The third-order valence-corrected chi connectivity index (χ3v) is 4.56. The van der Waals surface area contributed by atoms with Gasteiger partial charge in [0.15, 0.2) is 0 Å². The molecule has 0 aromatic heterocycles. The summed E-state index contributed by atoms with van der Waals surface area (Å²) in [6.45, 7) is 11.9. The Morgan fingerprint density at radius 1 is 1.06 bits per heavy atom. The first-order chi connectivity index (χ1) is 7.94. The van der Waals surface area contributed by atoms with Crippen LogP contribution in [0, 0.1) is 0 Å². The number of carbonyl (C=O) groups is 1. The summed E-state index contributed by atoms with van der Waals surface area (Å²) < 4.78 is 0. The van der Waals surface area contributed by atoms with E-state index in [0.717, 1.165) is 32.4 Å². The minimum atomic E-state index is 0.191. The van der Waals surface area contributed by atoms with E-state index in [-0.39, 0.29) is 5.54 Å². The molecule has 0 unspecified atom stereocenters. The van der Waals surface area contributed by atoms with Crippen molar-refractivity contribution >= 4 is 5.78 Å². The number of Topliss-reactive ketones (excluding diaryl/α,β-unsaturated/α-hetero) is 1. The van der Waals surface area contributed by atoms with Crippen molar-refractivity contribution in [3.63, 3.8) is 0 Å². The van der Waals surface area contributed by atoms with Crippen LogP contribution in [-0.2, 0) is 4.79 Å². The molecule has 2 aliphatic heterocycles. The van der Waals surface area contributed by atoms with Gasteiger partial charge in [0.2, 0.25) is 0 Å². The summed E-state index contributed by atoms with van der Waals surface area (Å²) >= 11 is 0. The fourth-order valence-corrected chi connectivity index (χ4v) is 3.53. The Balaban J connectivity index is 2.07. The molecule has 0 N–H and O–H groups in total. The van der Waals surface area contributed by atoms with Crippen molar-refractivity contribution < 1.29 is 4.79 Å². The van der Waals surface area contributed by atoms with E-state index in [2.05, 4.69) is 37.5 Å². The Morgan fingerprint density at radius 3 is 2.12 bits per heavy atom. The van der Waals surface area contributed by atoms with Crippen molar-refractivity contribution in [2.45, 2.75) is 64.6 Å². The number of hydrogen-bond donors (Lipinski definition) is 0. The molecule has 2 saturated heterocycles. The van der Waals surface area contributed by atoms with Crippen LogP contribution in [0.2, 0.25) is 0 Å². The van der Waals surface area contributed by atoms with Crippen LogP contribution in [0.5, 0.6) is 0 Å². The summed E-state index contributed by atoms with van der Waals surface area (Å²) in [4.78, 5) is 16.8. The van der Waals surface area contributed by atoms with E-state index in [4.69, 9.17) is 0 Å². The lowest BCUT2D eigenvalue weighted by molar-refractivity contribution is -0.117. The van der Waals surface area contributed by atoms with E-state index in [1.165, 1.54) is 0 Å². The van der Waals surface area contributed by atoms with Gasteiger partial charge in [0.05, 0.1) is 6.54 Å². The van der Waals surface area contributed by atoms with Gasteiger partial charge in [0.1, 0.15) is 5.78 Å². The van der Waals surface area contributed by atoms with Crippen LogP contribution in [0.15, 0.2) is 0 Å². The van der Waals surface area contributed by atoms with Crippen LogP contribution in [0.25, 0.3) is 0 Å².